The van der Waals surface area contributed by atoms with Crippen LogP contribution in [-0.2, 0) is 6.54 Å². The molecule has 1 heterocycles. The lowest BCUT2D eigenvalue weighted by Crippen LogP contribution is -2.22. The monoisotopic (exact) mass is 302 g/mol. The van der Waals surface area contributed by atoms with Crippen molar-refractivity contribution in [2.75, 3.05) is 0 Å². The quantitative estimate of drug-likeness (QED) is 0.798. The van der Waals surface area contributed by atoms with Crippen molar-refractivity contribution < 1.29 is 4.79 Å². The SMILES string of the molecule is O=C(NCc1cccc(Cl)c1)c1nc2ccccc2s1. The summed E-state index contributed by atoms with van der Waals surface area (Å²) >= 11 is 7.30. The Morgan fingerprint density at radius 1 is 1.20 bits per heavy atom. The third kappa shape index (κ3) is 2.81. The van der Waals surface area contributed by atoms with Gasteiger partial charge in [0.2, 0.25) is 0 Å². The predicted molar refractivity (Wildman–Crippen MR) is 82.2 cm³/mol. The first-order chi connectivity index (χ1) is 9.72. The lowest BCUT2D eigenvalue weighted by molar-refractivity contribution is 0.0950. The number of carbonyl (C=O) groups is 1. The van der Waals surface area contributed by atoms with E-state index in [4.69, 9.17) is 11.6 Å². The number of fused-ring (bicyclic) bond motifs is 1. The van der Waals surface area contributed by atoms with Gasteiger partial charge in [-0.3, -0.25) is 4.79 Å². The van der Waals surface area contributed by atoms with E-state index in [9.17, 15) is 4.79 Å². The molecular weight excluding hydrogens is 292 g/mol. The van der Waals surface area contributed by atoms with Crippen LogP contribution >= 0.6 is 22.9 Å². The van der Waals surface area contributed by atoms with Crippen molar-refractivity contribution in [2.45, 2.75) is 6.54 Å². The van der Waals surface area contributed by atoms with Crippen molar-refractivity contribution in [3.05, 3.63) is 64.1 Å². The largest absolute Gasteiger partial charge is 0.346 e. The summed E-state index contributed by atoms with van der Waals surface area (Å²) in [6.45, 7) is 0.440. The summed E-state index contributed by atoms with van der Waals surface area (Å²) in [5.41, 5.74) is 1.82. The van der Waals surface area contributed by atoms with E-state index < -0.39 is 0 Å². The van der Waals surface area contributed by atoms with Crippen molar-refractivity contribution in [1.29, 1.82) is 0 Å². The van der Waals surface area contributed by atoms with E-state index in [2.05, 4.69) is 10.3 Å². The van der Waals surface area contributed by atoms with E-state index in [0.29, 0.717) is 16.6 Å². The summed E-state index contributed by atoms with van der Waals surface area (Å²) < 4.78 is 1.01. The van der Waals surface area contributed by atoms with Crippen LogP contribution in [0, 0.1) is 0 Å². The highest BCUT2D eigenvalue weighted by Gasteiger charge is 2.11. The summed E-state index contributed by atoms with van der Waals surface area (Å²) in [4.78, 5) is 16.4. The number of benzene rings is 2. The second kappa shape index (κ2) is 5.61. The van der Waals surface area contributed by atoms with E-state index in [0.717, 1.165) is 15.8 Å². The fraction of sp³-hybridized carbons (Fsp3) is 0.0667. The molecule has 0 bridgehead atoms. The second-order valence-corrected chi connectivity index (χ2v) is 5.77. The van der Waals surface area contributed by atoms with E-state index in [-0.39, 0.29) is 5.91 Å². The maximum Gasteiger partial charge on any atom is 0.280 e. The van der Waals surface area contributed by atoms with Crippen LogP contribution in [0.15, 0.2) is 48.5 Å². The van der Waals surface area contributed by atoms with Crippen molar-refractivity contribution in [3.63, 3.8) is 0 Å². The zero-order valence-electron chi connectivity index (χ0n) is 10.5. The highest BCUT2D eigenvalue weighted by atomic mass is 35.5. The van der Waals surface area contributed by atoms with E-state index in [1.165, 1.54) is 11.3 Å². The molecule has 0 aliphatic heterocycles. The van der Waals surface area contributed by atoms with Crippen molar-refractivity contribution in [1.82, 2.24) is 10.3 Å². The Bertz CT molecular complexity index is 736. The number of hydrogen-bond acceptors (Lipinski definition) is 3. The van der Waals surface area contributed by atoms with Gasteiger partial charge < -0.3 is 5.32 Å². The molecule has 3 aromatic rings. The van der Waals surface area contributed by atoms with Crippen molar-refractivity contribution in [2.24, 2.45) is 0 Å². The summed E-state index contributed by atoms with van der Waals surface area (Å²) in [6.07, 6.45) is 0. The third-order valence-electron chi connectivity index (χ3n) is 2.83. The molecule has 0 spiro atoms. The number of nitrogens with one attached hydrogen (secondary N) is 1. The smallest absolute Gasteiger partial charge is 0.280 e. The number of thiazole rings is 1. The first kappa shape index (κ1) is 13.1. The fourth-order valence-corrected chi connectivity index (χ4v) is 2.97. The van der Waals surface area contributed by atoms with Gasteiger partial charge in [-0.1, -0.05) is 35.9 Å². The van der Waals surface area contributed by atoms with Gasteiger partial charge in [-0.25, -0.2) is 4.98 Å². The van der Waals surface area contributed by atoms with Gasteiger partial charge in [0.1, 0.15) is 0 Å². The molecule has 1 amide bonds. The van der Waals surface area contributed by atoms with Crippen molar-refractivity contribution >= 4 is 39.1 Å². The van der Waals surface area contributed by atoms with Crippen LogP contribution in [0.2, 0.25) is 5.02 Å². The van der Waals surface area contributed by atoms with Crippen LogP contribution in [0.25, 0.3) is 10.2 Å². The van der Waals surface area contributed by atoms with Crippen LogP contribution in [0.5, 0.6) is 0 Å². The normalized spacial score (nSPS) is 10.7. The van der Waals surface area contributed by atoms with Gasteiger partial charge in [0.05, 0.1) is 10.2 Å². The Balaban J connectivity index is 1.73. The molecule has 1 N–H and O–H groups in total. The van der Waals surface area contributed by atoms with Crippen LogP contribution in [0.1, 0.15) is 15.4 Å². The average Bonchev–Trinajstić information content (AvgIpc) is 2.89. The maximum atomic E-state index is 12.1. The molecule has 3 rings (SSSR count). The molecule has 3 nitrogen and oxygen atoms in total. The number of para-hydroxylation sites is 1. The molecule has 0 radical (unpaired) electrons. The molecule has 0 aliphatic carbocycles. The van der Waals surface area contributed by atoms with Gasteiger partial charge in [-0.2, -0.15) is 0 Å². The molecule has 1 aromatic heterocycles. The van der Waals surface area contributed by atoms with Gasteiger partial charge in [0.25, 0.3) is 5.91 Å². The Hall–Kier alpha value is -1.91. The van der Waals surface area contributed by atoms with E-state index in [1.54, 1.807) is 6.07 Å². The number of aromatic nitrogens is 1. The van der Waals surface area contributed by atoms with Crippen molar-refractivity contribution in [3.8, 4) is 0 Å². The Kier molecular flexibility index (Phi) is 3.67. The zero-order valence-corrected chi connectivity index (χ0v) is 12.0. The lowest BCUT2D eigenvalue weighted by atomic mass is 10.2. The number of nitrogens with zero attached hydrogens (tertiary/aromatic N) is 1. The summed E-state index contributed by atoms with van der Waals surface area (Å²) in [5.74, 6) is -0.161. The number of amides is 1. The minimum Gasteiger partial charge on any atom is -0.346 e. The Morgan fingerprint density at radius 3 is 2.85 bits per heavy atom. The molecule has 0 atom stereocenters. The second-order valence-electron chi connectivity index (χ2n) is 4.30. The highest BCUT2D eigenvalue weighted by molar-refractivity contribution is 7.20. The van der Waals surface area contributed by atoms with Crippen LogP contribution in [-0.4, -0.2) is 10.9 Å². The van der Waals surface area contributed by atoms with Gasteiger partial charge in [-0.15, -0.1) is 11.3 Å². The first-order valence-electron chi connectivity index (χ1n) is 6.10. The molecule has 20 heavy (non-hydrogen) atoms. The van der Waals surface area contributed by atoms with E-state index in [1.807, 2.05) is 42.5 Å². The zero-order chi connectivity index (χ0) is 13.9. The minimum absolute atomic E-state index is 0.161. The van der Waals surface area contributed by atoms with Gasteiger partial charge in [0, 0.05) is 11.6 Å². The first-order valence-corrected chi connectivity index (χ1v) is 7.30. The number of carbonyl (C=O) groups excluding carboxylic acids is 1. The molecule has 0 saturated heterocycles. The van der Waals surface area contributed by atoms with Gasteiger partial charge in [-0.05, 0) is 29.8 Å². The molecular formula is C15H11ClN2OS. The minimum atomic E-state index is -0.161. The molecule has 0 fully saturated rings. The van der Waals surface area contributed by atoms with Crippen LogP contribution in [0.3, 0.4) is 0 Å². The van der Waals surface area contributed by atoms with Crippen LogP contribution in [0.4, 0.5) is 0 Å². The number of halogens is 1. The van der Waals surface area contributed by atoms with E-state index >= 15 is 0 Å². The molecule has 0 aliphatic rings. The standard InChI is InChI=1S/C15H11ClN2OS/c16-11-5-3-4-10(8-11)9-17-14(19)15-18-12-6-1-2-7-13(12)20-15/h1-8H,9H2,(H,17,19). The fourth-order valence-electron chi connectivity index (χ4n) is 1.87. The van der Waals surface area contributed by atoms with Gasteiger partial charge in [0.15, 0.2) is 5.01 Å². The summed E-state index contributed by atoms with van der Waals surface area (Å²) in [5, 5.41) is 4.00. The maximum absolute atomic E-state index is 12.1. The number of hydrogen-bond donors (Lipinski definition) is 1. The topological polar surface area (TPSA) is 42.0 Å². The molecule has 0 saturated carbocycles. The Morgan fingerprint density at radius 2 is 2.05 bits per heavy atom. The summed E-state index contributed by atoms with van der Waals surface area (Å²) in [6, 6.07) is 15.1. The Labute approximate surface area is 125 Å². The third-order valence-corrected chi connectivity index (χ3v) is 4.10. The summed E-state index contributed by atoms with van der Waals surface area (Å²) in [7, 11) is 0. The lowest BCUT2D eigenvalue weighted by Gasteiger charge is -2.03. The van der Waals surface area contributed by atoms with Gasteiger partial charge >= 0.3 is 0 Å². The molecule has 0 unspecified atom stereocenters. The molecule has 5 heteroatoms. The average molecular weight is 303 g/mol. The molecule has 2 aromatic carbocycles. The molecule has 100 valence electrons. The number of rotatable bonds is 3. The highest BCUT2D eigenvalue weighted by Crippen LogP contribution is 2.21. The van der Waals surface area contributed by atoms with Crippen LogP contribution < -0.4 is 5.32 Å². The predicted octanol–water partition coefficient (Wildman–Crippen LogP) is 3.88.